The van der Waals surface area contributed by atoms with Gasteiger partial charge in [-0.25, -0.2) is 0 Å². The Hall–Kier alpha value is -0.830. The van der Waals surface area contributed by atoms with Crippen molar-refractivity contribution >= 4 is 5.84 Å². The molecule has 1 saturated heterocycles. The molecule has 3 heteroatoms. The lowest BCUT2D eigenvalue weighted by Crippen LogP contribution is -2.43. The van der Waals surface area contributed by atoms with Gasteiger partial charge < -0.3 is 9.64 Å². The van der Waals surface area contributed by atoms with Crippen LogP contribution in [0.25, 0.3) is 0 Å². The Morgan fingerprint density at radius 1 is 1.67 bits per heavy atom. The molecule has 2 rings (SSSR count). The van der Waals surface area contributed by atoms with Gasteiger partial charge in [-0.1, -0.05) is 6.08 Å². The van der Waals surface area contributed by atoms with E-state index < -0.39 is 0 Å². The Morgan fingerprint density at radius 2 is 2.58 bits per heavy atom. The highest BCUT2D eigenvalue weighted by molar-refractivity contribution is 5.94. The number of rotatable bonds is 0. The van der Waals surface area contributed by atoms with Gasteiger partial charge in [0.1, 0.15) is 5.84 Å². The van der Waals surface area contributed by atoms with E-state index in [1.807, 2.05) is 0 Å². The van der Waals surface area contributed by atoms with Crippen molar-refractivity contribution < 1.29 is 4.74 Å². The van der Waals surface area contributed by atoms with Crippen molar-refractivity contribution in [1.29, 1.82) is 0 Å². The number of hydrogen-bond donors (Lipinski definition) is 0. The molecular weight excluding hydrogens is 152 g/mol. The molecule has 0 aromatic rings. The molecule has 0 bridgehead atoms. The summed E-state index contributed by atoms with van der Waals surface area (Å²) in [5, 5.41) is 0. The molecule has 0 spiro atoms. The Balaban J connectivity index is 1.98. The third-order valence-corrected chi connectivity index (χ3v) is 2.19. The summed E-state index contributed by atoms with van der Waals surface area (Å²) in [5.41, 5.74) is 0. The van der Waals surface area contributed by atoms with Gasteiger partial charge in [-0.3, -0.25) is 4.99 Å². The zero-order valence-electron chi connectivity index (χ0n) is 7.36. The minimum absolute atomic E-state index is 0.343. The zero-order valence-corrected chi connectivity index (χ0v) is 7.36. The van der Waals surface area contributed by atoms with E-state index in [9.17, 15) is 0 Å². The molecule has 0 radical (unpaired) electrons. The molecule has 0 aromatic carbocycles. The molecule has 3 nitrogen and oxygen atoms in total. The second-order valence-corrected chi connectivity index (χ2v) is 3.23. The van der Waals surface area contributed by atoms with Crippen molar-refractivity contribution in [3.8, 4) is 0 Å². The fraction of sp³-hybridized carbons (Fsp3) is 0.667. The molecule has 1 fully saturated rings. The Bertz CT molecular complexity index is 223. The zero-order chi connectivity index (χ0) is 8.39. The first kappa shape index (κ1) is 7.80. The topological polar surface area (TPSA) is 24.8 Å². The van der Waals surface area contributed by atoms with Crippen molar-refractivity contribution in [3.05, 3.63) is 12.2 Å². The number of amidine groups is 1. The first-order chi connectivity index (χ1) is 5.86. The lowest BCUT2D eigenvalue weighted by atomic mass is 10.3. The minimum Gasteiger partial charge on any atom is -0.375 e. The number of nitrogens with zero attached hydrogens (tertiary/aromatic N) is 2. The van der Waals surface area contributed by atoms with E-state index in [0.29, 0.717) is 6.10 Å². The summed E-state index contributed by atoms with van der Waals surface area (Å²) in [5.74, 6) is 1.13. The highest BCUT2D eigenvalue weighted by Gasteiger charge is 2.18. The maximum Gasteiger partial charge on any atom is 0.123 e. The van der Waals surface area contributed by atoms with Crippen LogP contribution >= 0.6 is 0 Å². The molecule has 2 aliphatic heterocycles. The lowest BCUT2D eigenvalue weighted by Gasteiger charge is -2.32. The van der Waals surface area contributed by atoms with Gasteiger partial charge in [0, 0.05) is 13.1 Å². The second kappa shape index (κ2) is 3.27. The smallest absolute Gasteiger partial charge is 0.123 e. The monoisotopic (exact) mass is 166 g/mol. The number of hydrogen-bond acceptors (Lipinski definition) is 3. The van der Waals surface area contributed by atoms with Gasteiger partial charge in [0.15, 0.2) is 0 Å². The summed E-state index contributed by atoms with van der Waals surface area (Å²) in [6.45, 7) is 5.73. The van der Waals surface area contributed by atoms with Crippen LogP contribution in [0.15, 0.2) is 17.1 Å². The number of morpholine rings is 1. The van der Waals surface area contributed by atoms with Gasteiger partial charge >= 0.3 is 0 Å². The van der Waals surface area contributed by atoms with E-state index in [1.165, 1.54) is 0 Å². The molecule has 2 aliphatic rings. The lowest BCUT2D eigenvalue weighted by molar-refractivity contribution is 0.00612. The number of aliphatic imine (C=N–C) groups is 1. The second-order valence-electron chi connectivity index (χ2n) is 3.23. The van der Waals surface area contributed by atoms with Gasteiger partial charge in [-0.05, 0) is 13.0 Å². The molecule has 0 aliphatic carbocycles. The van der Waals surface area contributed by atoms with Crippen LogP contribution < -0.4 is 0 Å². The van der Waals surface area contributed by atoms with Gasteiger partial charge in [0.25, 0.3) is 0 Å². The molecule has 12 heavy (non-hydrogen) atoms. The van der Waals surface area contributed by atoms with E-state index in [0.717, 1.165) is 32.1 Å². The van der Waals surface area contributed by atoms with E-state index >= 15 is 0 Å². The molecule has 0 N–H and O–H groups in total. The normalized spacial score (nSPS) is 29.2. The van der Waals surface area contributed by atoms with Crippen LogP contribution in [0.1, 0.15) is 6.92 Å². The molecule has 1 unspecified atom stereocenters. The molecule has 0 amide bonds. The van der Waals surface area contributed by atoms with Gasteiger partial charge in [-0.15, -0.1) is 0 Å². The van der Waals surface area contributed by atoms with Crippen molar-refractivity contribution in [3.63, 3.8) is 0 Å². The van der Waals surface area contributed by atoms with Gasteiger partial charge in [0.05, 0.1) is 19.3 Å². The van der Waals surface area contributed by atoms with Crippen molar-refractivity contribution in [1.82, 2.24) is 4.90 Å². The summed E-state index contributed by atoms with van der Waals surface area (Å²) in [7, 11) is 0. The highest BCUT2D eigenvalue weighted by Crippen LogP contribution is 2.08. The van der Waals surface area contributed by atoms with Crippen LogP contribution in [0.2, 0.25) is 0 Å². The van der Waals surface area contributed by atoms with Crippen molar-refractivity contribution in [2.24, 2.45) is 4.99 Å². The van der Waals surface area contributed by atoms with Crippen LogP contribution in [-0.4, -0.2) is 43.1 Å². The first-order valence-corrected chi connectivity index (χ1v) is 4.44. The standard InChI is InChI=1S/C9H14N2O/c1-8-7-11(5-6-12-8)9-3-2-4-10-9/h2-3,8H,4-7H2,1H3. The summed E-state index contributed by atoms with van der Waals surface area (Å²) in [4.78, 5) is 6.66. The average molecular weight is 166 g/mol. The van der Waals surface area contributed by atoms with E-state index in [-0.39, 0.29) is 0 Å². The first-order valence-electron chi connectivity index (χ1n) is 4.44. The third kappa shape index (κ3) is 1.50. The van der Waals surface area contributed by atoms with Crippen LogP contribution in [0.5, 0.6) is 0 Å². The summed E-state index contributed by atoms with van der Waals surface area (Å²) < 4.78 is 5.45. The highest BCUT2D eigenvalue weighted by atomic mass is 16.5. The average Bonchev–Trinajstić information content (AvgIpc) is 2.56. The maximum atomic E-state index is 5.45. The molecule has 2 heterocycles. The van der Waals surface area contributed by atoms with Crippen LogP contribution in [0, 0.1) is 0 Å². The Morgan fingerprint density at radius 3 is 3.25 bits per heavy atom. The van der Waals surface area contributed by atoms with E-state index in [2.05, 4.69) is 29.0 Å². The summed E-state index contributed by atoms with van der Waals surface area (Å²) >= 11 is 0. The predicted octanol–water partition coefficient (Wildman–Crippen LogP) is 0.675. The Kier molecular flexibility index (Phi) is 2.13. The summed E-state index contributed by atoms with van der Waals surface area (Å²) in [6.07, 6.45) is 4.53. The molecule has 0 saturated carbocycles. The Labute approximate surface area is 72.7 Å². The predicted molar refractivity (Wildman–Crippen MR) is 48.4 cm³/mol. The fourth-order valence-electron chi connectivity index (χ4n) is 1.59. The van der Waals surface area contributed by atoms with E-state index in [1.54, 1.807) is 0 Å². The largest absolute Gasteiger partial charge is 0.375 e. The maximum absolute atomic E-state index is 5.45. The van der Waals surface area contributed by atoms with E-state index in [4.69, 9.17) is 4.74 Å². The fourth-order valence-corrected chi connectivity index (χ4v) is 1.59. The van der Waals surface area contributed by atoms with Crippen molar-refractivity contribution in [2.75, 3.05) is 26.2 Å². The quantitative estimate of drug-likeness (QED) is 0.528. The third-order valence-electron chi connectivity index (χ3n) is 2.19. The number of ether oxygens (including phenoxy) is 1. The van der Waals surface area contributed by atoms with Gasteiger partial charge in [-0.2, -0.15) is 0 Å². The molecule has 66 valence electrons. The van der Waals surface area contributed by atoms with Crippen LogP contribution in [0.4, 0.5) is 0 Å². The van der Waals surface area contributed by atoms with Crippen LogP contribution in [0.3, 0.4) is 0 Å². The van der Waals surface area contributed by atoms with Crippen molar-refractivity contribution in [2.45, 2.75) is 13.0 Å². The molecule has 1 atom stereocenters. The van der Waals surface area contributed by atoms with Crippen LogP contribution in [-0.2, 0) is 4.74 Å². The molecular formula is C9H14N2O. The molecule has 0 aromatic heterocycles. The summed E-state index contributed by atoms with van der Waals surface area (Å²) in [6, 6.07) is 0. The SMILES string of the molecule is CC1CN(C2=NCC=C2)CCO1. The van der Waals surface area contributed by atoms with Gasteiger partial charge in [0.2, 0.25) is 0 Å². The minimum atomic E-state index is 0.343.